The van der Waals surface area contributed by atoms with Crippen LogP contribution in [0.15, 0.2) is 47.8 Å². The smallest absolute Gasteiger partial charge is 0.121 e. The molecule has 2 aromatic carbocycles. The Morgan fingerprint density at radius 3 is 2.80 bits per heavy atom. The average Bonchev–Trinajstić information content (AvgIpc) is 3.42. The molecule has 5 rings (SSSR count). The zero-order chi connectivity index (χ0) is 19.5. The first kappa shape index (κ1) is 21.3. The van der Waals surface area contributed by atoms with Gasteiger partial charge >= 0.3 is 0 Å². The van der Waals surface area contributed by atoms with E-state index in [9.17, 15) is 0 Å². The number of halogens is 1. The third-order valence-electron chi connectivity index (χ3n) is 6.11. The van der Waals surface area contributed by atoms with Gasteiger partial charge in [0.25, 0.3) is 0 Å². The third-order valence-corrected chi connectivity index (χ3v) is 7.00. The molecule has 0 atom stereocenters. The molecular formula is C24H30ClN3OS. The van der Waals surface area contributed by atoms with Crippen molar-refractivity contribution in [1.82, 2.24) is 4.90 Å². The Morgan fingerprint density at radius 2 is 1.90 bits per heavy atom. The molecule has 0 spiro atoms. The molecule has 0 saturated carbocycles. The summed E-state index contributed by atoms with van der Waals surface area (Å²) < 4.78 is 7.36. The Labute approximate surface area is 189 Å². The van der Waals surface area contributed by atoms with Crippen LogP contribution in [0.4, 0.5) is 11.4 Å². The van der Waals surface area contributed by atoms with E-state index in [1.54, 1.807) is 0 Å². The van der Waals surface area contributed by atoms with Crippen molar-refractivity contribution in [2.75, 3.05) is 56.1 Å². The monoisotopic (exact) mass is 443 g/mol. The van der Waals surface area contributed by atoms with E-state index in [0.717, 1.165) is 57.9 Å². The summed E-state index contributed by atoms with van der Waals surface area (Å²) in [6.07, 6.45) is 3.44. The number of unbranched alkanes of at least 4 members (excludes halogenated alkanes) is 1. The lowest BCUT2D eigenvalue weighted by atomic mass is 10.1. The molecule has 2 aliphatic heterocycles. The summed E-state index contributed by atoms with van der Waals surface area (Å²) in [5, 5.41) is 7.03. The summed E-state index contributed by atoms with van der Waals surface area (Å²) in [6, 6.07) is 15.4. The largest absolute Gasteiger partial charge is 0.494 e. The molecule has 3 aromatic rings. The summed E-state index contributed by atoms with van der Waals surface area (Å²) in [6.45, 7) is 7.57. The Kier molecular flexibility index (Phi) is 7.03. The van der Waals surface area contributed by atoms with E-state index in [0.29, 0.717) is 0 Å². The van der Waals surface area contributed by atoms with Crippen LogP contribution in [0.3, 0.4) is 0 Å². The molecule has 0 bridgehead atoms. The zero-order valence-electron chi connectivity index (χ0n) is 17.3. The van der Waals surface area contributed by atoms with Gasteiger partial charge in [0, 0.05) is 60.3 Å². The highest BCUT2D eigenvalue weighted by Crippen LogP contribution is 2.31. The van der Waals surface area contributed by atoms with Crippen LogP contribution in [-0.4, -0.2) is 50.8 Å². The first-order valence-corrected chi connectivity index (χ1v) is 11.7. The molecule has 6 heteroatoms. The first-order chi connectivity index (χ1) is 14.4. The van der Waals surface area contributed by atoms with Gasteiger partial charge in [-0.05, 0) is 61.0 Å². The van der Waals surface area contributed by atoms with Crippen molar-refractivity contribution in [3.63, 3.8) is 0 Å². The van der Waals surface area contributed by atoms with Crippen LogP contribution in [0.25, 0.3) is 10.1 Å². The average molecular weight is 444 g/mol. The summed E-state index contributed by atoms with van der Waals surface area (Å²) in [7, 11) is 0. The Morgan fingerprint density at radius 1 is 1.00 bits per heavy atom. The molecule has 0 amide bonds. The quantitative estimate of drug-likeness (QED) is 0.503. The second-order valence-corrected chi connectivity index (χ2v) is 8.94. The number of rotatable bonds is 7. The minimum Gasteiger partial charge on any atom is -0.494 e. The van der Waals surface area contributed by atoms with Crippen molar-refractivity contribution in [1.29, 1.82) is 0 Å². The number of piperazine rings is 1. The Balaban J connectivity index is 0.00000218. The highest BCUT2D eigenvalue weighted by Gasteiger charge is 2.18. The maximum absolute atomic E-state index is 5.96. The molecule has 1 N–H and O–H groups in total. The number of fused-ring (bicyclic) bond motifs is 2. The summed E-state index contributed by atoms with van der Waals surface area (Å²) in [4.78, 5) is 5.15. The van der Waals surface area contributed by atoms with Gasteiger partial charge in [0.15, 0.2) is 0 Å². The van der Waals surface area contributed by atoms with E-state index in [1.165, 1.54) is 40.0 Å². The number of ether oxygens (including phenoxy) is 1. The van der Waals surface area contributed by atoms with Crippen LogP contribution in [0.5, 0.6) is 5.75 Å². The van der Waals surface area contributed by atoms with Crippen LogP contribution in [0, 0.1) is 0 Å². The Hall–Kier alpha value is -1.95. The summed E-state index contributed by atoms with van der Waals surface area (Å²) in [5.41, 5.74) is 4.06. The van der Waals surface area contributed by atoms with Crippen LogP contribution >= 0.6 is 23.7 Å². The second-order valence-electron chi connectivity index (χ2n) is 7.99. The molecule has 3 heterocycles. The predicted octanol–water partition coefficient (Wildman–Crippen LogP) is 5.27. The van der Waals surface area contributed by atoms with Crippen molar-refractivity contribution < 1.29 is 4.74 Å². The Bertz CT molecular complexity index is 968. The van der Waals surface area contributed by atoms with Gasteiger partial charge in [0.1, 0.15) is 5.75 Å². The fourth-order valence-corrected chi connectivity index (χ4v) is 5.26. The van der Waals surface area contributed by atoms with Gasteiger partial charge in [-0.25, -0.2) is 0 Å². The number of nitrogens with zero attached hydrogens (tertiary/aromatic N) is 2. The van der Waals surface area contributed by atoms with Gasteiger partial charge in [-0.3, -0.25) is 4.90 Å². The molecule has 2 aliphatic rings. The molecule has 160 valence electrons. The molecular weight excluding hydrogens is 414 g/mol. The van der Waals surface area contributed by atoms with E-state index in [4.69, 9.17) is 4.74 Å². The highest BCUT2D eigenvalue weighted by molar-refractivity contribution is 7.17. The standard InChI is InChI=1S/C24H29N3OS.ClH/c1(2-16-28-20-7-6-19-8-10-25-22(19)18-20)11-26-12-14-27(15-13-26)23-4-3-5-24-21(23)9-17-29-24;/h3-7,9,17-18,25H,1-2,8,10-16H2;1H. The molecule has 0 aliphatic carbocycles. The molecule has 1 saturated heterocycles. The van der Waals surface area contributed by atoms with Crippen LogP contribution in [0.2, 0.25) is 0 Å². The van der Waals surface area contributed by atoms with Gasteiger partial charge < -0.3 is 15.0 Å². The molecule has 1 fully saturated rings. The van der Waals surface area contributed by atoms with Crippen molar-refractivity contribution >= 4 is 45.2 Å². The minimum atomic E-state index is 0. The lowest BCUT2D eigenvalue weighted by Crippen LogP contribution is -2.46. The number of anilines is 2. The lowest BCUT2D eigenvalue weighted by molar-refractivity contribution is 0.239. The minimum absolute atomic E-state index is 0. The SMILES string of the molecule is Cl.c1cc(N2CCN(CCCCOc3ccc4c(c3)NCC4)CC2)c2ccsc2c1. The van der Waals surface area contributed by atoms with Crippen molar-refractivity contribution in [3.05, 3.63) is 53.4 Å². The lowest BCUT2D eigenvalue weighted by Gasteiger charge is -2.36. The number of thiophene rings is 1. The van der Waals surface area contributed by atoms with Gasteiger partial charge in [0.05, 0.1) is 6.61 Å². The van der Waals surface area contributed by atoms with Crippen molar-refractivity contribution in [2.45, 2.75) is 19.3 Å². The highest BCUT2D eigenvalue weighted by atomic mass is 35.5. The summed E-state index contributed by atoms with van der Waals surface area (Å²) >= 11 is 1.83. The number of hydrogen-bond acceptors (Lipinski definition) is 5. The van der Waals surface area contributed by atoms with Crippen LogP contribution in [0.1, 0.15) is 18.4 Å². The number of nitrogens with one attached hydrogen (secondary N) is 1. The van der Waals surface area contributed by atoms with Gasteiger partial charge in [0.2, 0.25) is 0 Å². The zero-order valence-corrected chi connectivity index (χ0v) is 18.9. The van der Waals surface area contributed by atoms with E-state index >= 15 is 0 Å². The maximum atomic E-state index is 5.96. The van der Waals surface area contributed by atoms with Crippen LogP contribution < -0.4 is 15.0 Å². The molecule has 0 radical (unpaired) electrons. The van der Waals surface area contributed by atoms with E-state index in [1.807, 2.05) is 11.3 Å². The fourth-order valence-electron chi connectivity index (χ4n) is 4.45. The van der Waals surface area contributed by atoms with E-state index < -0.39 is 0 Å². The molecule has 4 nitrogen and oxygen atoms in total. The van der Waals surface area contributed by atoms with Gasteiger partial charge in [-0.2, -0.15) is 0 Å². The molecule has 1 aromatic heterocycles. The van der Waals surface area contributed by atoms with Crippen LogP contribution in [-0.2, 0) is 6.42 Å². The third kappa shape index (κ3) is 4.69. The topological polar surface area (TPSA) is 27.7 Å². The predicted molar refractivity (Wildman–Crippen MR) is 131 cm³/mol. The van der Waals surface area contributed by atoms with E-state index in [2.05, 4.69) is 63.0 Å². The van der Waals surface area contributed by atoms with Gasteiger partial charge in [-0.1, -0.05) is 12.1 Å². The van der Waals surface area contributed by atoms with E-state index in [-0.39, 0.29) is 12.4 Å². The normalized spacial score (nSPS) is 16.2. The van der Waals surface area contributed by atoms with Crippen molar-refractivity contribution in [3.8, 4) is 5.75 Å². The molecule has 0 unspecified atom stereocenters. The molecule has 30 heavy (non-hydrogen) atoms. The van der Waals surface area contributed by atoms with Crippen molar-refractivity contribution in [2.24, 2.45) is 0 Å². The fraction of sp³-hybridized carbons (Fsp3) is 0.417. The number of hydrogen-bond donors (Lipinski definition) is 1. The number of benzene rings is 2. The first-order valence-electron chi connectivity index (χ1n) is 10.8. The summed E-state index contributed by atoms with van der Waals surface area (Å²) in [5.74, 6) is 0.995. The second kappa shape index (κ2) is 9.90. The van der Waals surface area contributed by atoms with Gasteiger partial charge in [-0.15, -0.1) is 23.7 Å². The maximum Gasteiger partial charge on any atom is 0.121 e.